The summed E-state index contributed by atoms with van der Waals surface area (Å²) in [5.74, 6) is -1.28. The van der Waals surface area contributed by atoms with E-state index in [1.54, 1.807) is 0 Å². The zero-order valence-corrected chi connectivity index (χ0v) is 13.7. The first kappa shape index (κ1) is 15.1. The van der Waals surface area contributed by atoms with Gasteiger partial charge >= 0.3 is 5.97 Å². The molecule has 0 aliphatic carbocycles. The first-order valence-electron chi connectivity index (χ1n) is 6.98. The number of piperazine rings is 1. The predicted molar refractivity (Wildman–Crippen MR) is 86.3 cm³/mol. The van der Waals surface area contributed by atoms with Gasteiger partial charge in [0.25, 0.3) is 0 Å². The van der Waals surface area contributed by atoms with Gasteiger partial charge in [-0.1, -0.05) is 11.2 Å². The maximum absolute atomic E-state index is 10.8. The van der Waals surface area contributed by atoms with Crippen LogP contribution in [0.1, 0.15) is 10.6 Å². The molecule has 0 bridgehead atoms. The molecule has 1 aromatic carbocycles. The number of hydrogen-bond acceptors (Lipinski definition) is 5. The van der Waals surface area contributed by atoms with Crippen molar-refractivity contribution in [3.05, 3.63) is 34.5 Å². The smallest absolute Gasteiger partial charge is 0.374 e. The summed E-state index contributed by atoms with van der Waals surface area (Å²) in [5.41, 5.74) is 2.47. The Morgan fingerprint density at radius 1 is 1.27 bits per heavy atom. The van der Waals surface area contributed by atoms with Crippen LogP contribution in [0, 0.1) is 0 Å². The lowest BCUT2D eigenvalue weighted by atomic mass is 10.1. The first-order valence-corrected chi connectivity index (χ1v) is 7.77. The van der Waals surface area contributed by atoms with Crippen molar-refractivity contribution >= 4 is 27.6 Å². The van der Waals surface area contributed by atoms with Gasteiger partial charge in [-0.2, -0.15) is 0 Å². The molecule has 6 nitrogen and oxygen atoms in total. The summed E-state index contributed by atoms with van der Waals surface area (Å²) < 4.78 is 5.77. The number of anilines is 1. The number of nitrogens with zero attached hydrogens (tertiary/aromatic N) is 3. The normalized spacial score (nSPS) is 16.0. The number of halogens is 1. The molecule has 1 aliphatic rings. The van der Waals surface area contributed by atoms with Crippen LogP contribution in [0.2, 0.25) is 0 Å². The highest BCUT2D eigenvalue weighted by Crippen LogP contribution is 2.31. The molecule has 1 saturated heterocycles. The topological polar surface area (TPSA) is 69.8 Å². The summed E-state index contributed by atoms with van der Waals surface area (Å²) in [6.45, 7) is 4.06. The van der Waals surface area contributed by atoms with Gasteiger partial charge in [-0.25, -0.2) is 4.79 Å². The van der Waals surface area contributed by atoms with E-state index < -0.39 is 5.97 Å². The van der Waals surface area contributed by atoms with Gasteiger partial charge in [0.15, 0.2) is 0 Å². The number of carboxylic acid groups (broad SMARTS) is 1. The third-order valence-electron chi connectivity index (χ3n) is 3.81. The number of aromatic nitrogens is 1. The van der Waals surface area contributed by atoms with E-state index in [1.165, 1.54) is 6.07 Å². The van der Waals surface area contributed by atoms with Crippen molar-refractivity contribution in [3.63, 3.8) is 0 Å². The first-order chi connectivity index (χ1) is 10.5. The third kappa shape index (κ3) is 3.00. The molecule has 0 radical (unpaired) electrons. The molecule has 2 aromatic rings. The van der Waals surface area contributed by atoms with E-state index in [4.69, 9.17) is 9.63 Å². The maximum Gasteiger partial charge on any atom is 0.374 e. The minimum atomic E-state index is -1.12. The van der Waals surface area contributed by atoms with Crippen molar-refractivity contribution < 1.29 is 14.4 Å². The average Bonchev–Trinajstić information content (AvgIpc) is 2.98. The predicted octanol–water partition coefficient (Wildman–Crippen LogP) is 2.55. The van der Waals surface area contributed by atoms with Gasteiger partial charge in [0.1, 0.15) is 5.69 Å². The fourth-order valence-electron chi connectivity index (χ4n) is 2.48. The van der Waals surface area contributed by atoms with Gasteiger partial charge in [-0.3, -0.25) is 0 Å². The molecule has 7 heteroatoms. The highest BCUT2D eigenvalue weighted by Gasteiger charge is 2.18. The molecule has 0 atom stereocenters. The summed E-state index contributed by atoms with van der Waals surface area (Å²) in [7, 11) is 2.13. The van der Waals surface area contributed by atoms with Crippen LogP contribution in [0.3, 0.4) is 0 Å². The standard InChI is InChI=1S/C15H16BrN3O3/c1-18-4-6-19(7-5-18)13-3-2-10(8-11(13)16)12-9-14(15(20)21)22-17-12/h2-3,8-9H,4-7H2,1H3,(H,20,21). The van der Waals surface area contributed by atoms with Crippen molar-refractivity contribution in [2.24, 2.45) is 0 Å². The fourth-order valence-corrected chi connectivity index (χ4v) is 3.11. The van der Waals surface area contributed by atoms with Gasteiger partial charge in [0.05, 0.1) is 5.69 Å². The van der Waals surface area contributed by atoms with Gasteiger partial charge in [-0.05, 0) is 35.1 Å². The van der Waals surface area contributed by atoms with Gasteiger partial charge < -0.3 is 19.4 Å². The monoisotopic (exact) mass is 365 g/mol. The van der Waals surface area contributed by atoms with Gasteiger partial charge in [-0.15, -0.1) is 0 Å². The van der Waals surface area contributed by atoms with E-state index in [2.05, 4.69) is 37.9 Å². The second kappa shape index (κ2) is 6.10. The largest absolute Gasteiger partial charge is 0.475 e. The van der Waals surface area contributed by atoms with Crippen LogP contribution < -0.4 is 4.90 Å². The summed E-state index contributed by atoms with van der Waals surface area (Å²) >= 11 is 3.60. The molecule has 116 valence electrons. The van der Waals surface area contributed by atoms with E-state index in [1.807, 2.05) is 18.2 Å². The quantitative estimate of drug-likeness (QED) is 0.901. The average molecular weight is 366 g/mol. The van der Waals surface area contributed by atoms with Crippen molar-refractivity contribution in [1.82, 2.24) is 10.1 Å². The SMILES string of the molecule is CN1CCN(c2ccc(-c3cc(C(=O)O)on3)cc2Br)CC1. The van der Waals surface area contributed by atoms with Crippen LogP contribution in [0.15, 0.2) is 33.3 Å². The van der Waals surface area contributed by atoms with E-state index >= 15 is 0 Å². The number of benzene rings is 1. The number of likely N-dealkylation sites (N-methyl/N-ethyl adjacent to an activating group) is 1. The molecule has 0 spiro atoms. The van der Waals surface area contributed by atoms with Crippen LogP contribution >= 0.6 is 15.9 Å². The second-order valence-corrected chi connectivity index (χ2v) is 6.19. The Labute approximate surface area is 136 Å². The summed E-state index contributed by atoms with van der Waals surface area (Å²) in [6, 6.07) is 7.33. The van der Waals surface area contributed by atoms with E-state index in [0.717, 1.165) is 41.9 Å². The van der Waals surface area contributed by atoms with E-state index in [-0.39, 0.29) is 5.76 Å². The molecule has 2 heterocycles. The Bertz CT molecular complexity index is 693. The molecule has 1 fully saturated rings. The zero-order valence-electron chi connectivity index (χ0n) is 12.1. The Balaban J connectivity index is 1.83. The Morgan fingerprint density at radius 3 is 2.59 bits per heavy atom. The lowest BCUT2D eigenvalue weighted by molar-refractivity contribution is 0.0652. The van der Waals surface area contributed by atoms with Gasteiger partial charge in [0, 0.05) is 42.3 Å². The molecule has 1 aromatic heterocycles. The Morgan fingerprint density at radius 2 is 2.00 bits per heavy atom. The number of aromatic carboxylic acids is 1. The second-order valence-electron chi connectivity index (χ2n) is 5.34. The van der Waals surface area contributed by atoms with Crippen molar-refractivity contribution in [2.45, 2.75) is 0 Å². The lowest BCUT2D eigenvalue weighted by Gasteiger charge is -2.34. The van der Waals surface area contributed by atoms with Crippen molar-refractivity contribution in [1.29, 1.82) is 0 Å². The molecule has 3 rings (SSSR count). The van der Waals surface area contributed by atoms with Crippen molar-refractivity contribution in [3.8, 4) is 11.3 Å². The molecule has 0 amide bonds. The summed E-state index contributed by atoms with van der Waals surface area (Å²) in [6.07, 6.45) is 0. The number of rotatable bonds is 3. The van der Waals surface area contributed by atoms with Crippen LogP contribution in [-0.4, -0.2) is 54.4 Å². The van der Waals surface area contributed by atoms with Crippen LogP contribution in [0.5, 0.6) is 0 Å². The molecule has 1 N–H and O–H groups in total. The lowest BCUT2D eigenvalue weighted by Crippen LogP contribution is -2.44. The van der Waals surface area contributed by atoms with E-state index in [9.17, 15) is 4.79 Å². The fraction of sp³-hybridized carbons (Fsp3) is 0.333. The van der Waals surface area contributed by atoms with Gasteiger partial charge in [0.2, 0.25) is 5.76 Å². The van der Waals surface area contributed by atoms with E-state index in [0.29, 0.717) is 5.69 Å². The minimum Gasteiger partial charge on any atom is -0.475 e. The molecular formula is C15H16BrN3O3. The van der Waals surface area contributed by atoms with Crippen LogP contribution in [0.25, 0.3) is 11.3 Å². The summed E-state index contributed by atoms with van der Waals surface area (Å²) in [5, 5.41) is 12.7. The maximum atomic E-state index is 10.8. The molecular weight excluding hydrogens is 350 g/mol. The molecule has 1 aliphatic heterocycles. The highest BCUT2D eigenvalue weighted by molar-refractivity contribution is 9.10. The minimum absolute atomic E-state index is 0.158. The molecule has 0 saturated carbocycles. The third-order valence-corrected chi connectivity index (χ3v) is 4.44. The summed E-state index contributed by atoms with van der Waals surface area (Å²) in [4.78, 5) is 15.5. The number of hydrogen-bond donors (Lipinski definition) is 1. The molecule has 22 heavy (non-hydrogen) atoms. The number of carboxylic acids is 1. The Kier molecular flexibility index (Phi) is 4.17. The van der Waals surface area contributed by atoms with Crippen molar-refractivity contribution in [2.75, 3.05) is 38.1 Å². The van der Waals surface area contributed by atoms with Crippen LogP contribution in [0.4, 0.5) is 5.69 Å². The number of carbonyl (C=O) groups is 1. The highest BCUT2D eigenvalue weighted by atomic mass is 79.9. The Hall–Kier alpha value is -1.86. The van der Waals surface area contributed by atoms with Crippen LogP contribution in [-0.2, 0) is 0 Å². The zero-order chi connectivity index (χ0) is 15.7. The molecule has 0 unspecified atom stereocenters.